The van der Waals surface area contributed by atoms with E-state index in [4.69, 9.17) is 0 Å². The first-order chi connectivity index (χ1) is 7.31. The standard InChI is InChI=1S/C12H24O2Se/c1-3-10-15-11-8-6-4-5-7-9-12(13)14-2/h3-11H2,1-2H3. The SMILES string of the molecule is CCC[Se]CCCCCCCC(=O)OC. The second-order valence-electron chi connectivity index (χ2n) is 3.71. The quantitative estimate of drug-likeness (QED) is 0.348. The van der Waals surface area contributed by atoms with Crippen molar-refractivity contribution >= 4 is 20.9 Å². The zero-order chi connectivity index (χ0) is 11.4. The first kappa shape index (κ1) is 15.0. The molecule has 0 fully saturated rings. The van der Waals surface area contributed by atoms with Crippen LogP contribution in [0.5, 0.6) is 0 Å². The first-order valence-electron chi connectivity index (χ1n) is 5.95. The van der Waals surface area contributed by atoms with Crippen LogP contribution in [-0.4, -0.2) is 28.0 Å². The van der Waals surface area contributed by atoms with Gasteiger partial charge < -0.3 is 0 Å². The molecule has 0 atom stereocenters. The van der Waals surface area contributed by atoms with E-state index in [1.165, 1.54) is 49.9 Å². The van der Waals surface area contributed by atoms with Gasteiger partial charge in [0.15, 0.2) is 0 Å². The van der Waals surface area contributed by atoms with Crippen LogP contribution < -0.4 is 0 Å². The monoisotopic (exact) mass is 280 g/mol. The van der Waals surface area contributed by atoms with Crippen molar-refractivity contribution in [1.82, 2.24) is 0 Å². The average molecular weight is 279 g/mol. The van der Waals surface area contributed by atoms with E-state index in [0.717, 1.165) is 21.4 Å². The van der Waals surface area contributed by atoms with Crippen molar-refractivity contribution < 1.29 is 9.53 Å². The van der Waals surface area contributed by atoms with Crippen LogP contribution in [0.25, 0.3) is 0 Å². The molecular formula is C12H24O2Se. The fourth-order valence-corrected chi connectivity index (χ4v) is 3.24. The van der Waals surface area contributed by atoms with Gasteiger partial charge >= 0.3 is 100 Å². The van der Waals surface area contributed by atoms with E-state index in [1.807, 2.05) is 0 Å². The minimum atomic E-state index is -0.0683. The molecule has 2 nitrogen and oxygen atoms in total. The zero-order valence-corrected chi connectivity index (χ0v) is 11.8. The van der Waals surface area contributed by atoms with E-state index in [-0.39, 0.29) is 5.97 Å². The molecule has 0 aliphatic heterocycles. The third-order valence-electron chi connectivity index (χ3n) is 2.25. The maximum atomic E-state index is 10.8. The fraction of sp³-hybridized carbons (Fsp3) is 0.917. The first-order valence-corrected chi connectivity index (χ1v) is 8.38. The molecule has 0 aliphatic carbocycles. The minimum absolute atomic E-state index is 0.0683. The summed E-state index contributed by atoms with van der Waals surface area (Å²) in [6.45, 7) is 2.26. The molecule has 0 unspecified atom stereocenters. The van der Waals surface area contributed by atoms with Crippen molar-refractivity contribution in [1.29, 1.82) is 0 Å². The van der Waals surface area contributed by atoms with Gasteiger partial charge in [-0.25, -0.2) is 0 Å². The third kappa shape index (κ3) is 11.9. The van der Waals surface area contributed by atoms with Gasteiger partial charge in [0.2, 0.25) is 0 Å². The summed E-state index contributed by atoms with van der Waals surface area (Å²) in [4.78, 5) is 10.8. The van der Waals surface area contributed by atoms with Crippen molar-refractivity contribution in [3.05, 3.63) is 0 Å². The number of methoxy groups -OCH3 is 1. The molecule has 0 amide bonds. The van der Waals surface area contributed by atoms with Gasteiger partial charge in [0.25, 0.3) is 0 Å². The summed E-state index contributed by atoms with van der Waals surface area (Å²) >= 11 is 0.890. The number of unbranched alkanes of at least 4 members (excludes halogenated alkanes) is 4. The Hall–Kier alpha value is -0.0105. The molecule has 0 saturated carbocycles. The summed E-state index contributed by atoms with van der Waals surface area (Å²) in [7, 11) is 1.46. The van der Waals surface area contributed by atoms with Gasteiger partial charge in [-0.15, -0.1) is 0 Å². The molecule has 0 bridgehead atoms. The Labute approximate surface area is 100 Å². The number of carbonyl (C=O) groups is 1. The van der Waals surface area contributed by atoms with E-state index in [1.54, 1.807) is 0 Å². The van der Waals surface area contributed by atoms with Crippen molar-refractivity contribution in [3.8, 4) is 0 Å². The number of carbonyl (C=O) groups excluding carboxylic acids is 1. The van der Waals surface area contributed by atoms with E-state index in [9.17, 15) is 4.79 Å². The number of rotatable bonds is 10. The Balaban J connectivity index is 2.95. The van der Waals surface area contributed by atoms with Gasteiger partial charge in [0.1, 0.15) is 0 Å². The third-order valence-corrected chi connectivity index (χ3v) is 4.92. The summed E-state index contributed by atoms with van der Waals surface area (Å²) in [5.41, 5.74) is 0. The van der Waals surface area contributed by atoms with Crippen molar-refractivity contribution in [3.63, 3.8) is 0 Å². The van der Waals surface area contributed by atoms with Crippen molar-refractivity contribution in [2.45, 2.75) is 62.5 Å². The van der Waals surface area contributed by atoms with E-state index in [2.05, 4.69) is 11.7 Å². The van der Waals surface area contributed by atoms with Gasteiger partial charge in [-0.1, -0.05) is 0 Å². The molecule has 0 saturated heterocycles. The molecule has 15 heavy (non-hydrogen) atoms. The number of hydrogen-bond acceptors (Lipinski definition) is 2. The predicted octanol–water partition coefficient (Wildman–Crippen LogP) is 3.45. The molecule has 3 heteroatoms. The van der Waals surface area contributed by atoms with Gasteiger partial charge in [-0.2, -0.15) is 0 Å². The van der Waals surface area contributed by atoms with Crippen LogP contribution in [0, 0.1) is 0 Å². The fourth-order valence-electron chi connectivity index (χ4n) is 1.35. The van der Waals surface area contributed by atoms with Gasteiger partial charge in [-0.05, 0) is 0 Å². The van der Waals surface area contributed by atoms with Crippen LogP contribution in [0.4, 0.5) is 0 Å². The zero-order valence-electron chi connectivity index (χ0n) is 10.1. The van der Waals surface area contributed by atoms with E-state index >= 15 is 0 Å². The summed E-state index contributed by atoms with van der Waals surface area (Å²) in [6, 6.07) is 0. The van der Waals surface area contributed by atoms with E-state index in [0.29, 0.717) is 6.42 Å². The summed E-state index contributed by atoms with van der Waals surface area (Å²) in [5, 5.41) is 2.88. The normalized spacial score (nSPS) is 10.3. The second kappa shape index (κ2) is 12.1. The number of hydrogen-bond donors (Lipinski definition) is 0. The summed E-state index contributed by atoms with van der Waals surface area (Å²) in [5.74, 6) is -0.0683. The molecule has 0 heterocycles. The summed E-state index contributed by atoms with van der Waals surface area (Å²) < 4.78 is 4.59. The molecule has 0 aromatic heterocycles. The molecular weight excluding hydrogens is 255 g/mol. The van der Waals surface area contributed by atoms with Crippen LogP contribution in [0.15, 0.2) is 0 Å². The number of esters is 1. The predicted molar refractivity (Wildman–Crippen MR) is 65.4 cm³/mol. The van der Waals surface area contributed by atoms with Crippen LogP contribution in [-0.2, 0) is 9.53 Å². The van der Waals surface area contributed by atoms with Crippen LogP contribution in [0.1, 0.15) is 51.9 Å². The topological polar surface area (TPSA) is 26.3 Å². The molecule has 0 N–H and O–H groups in total. The van der Waals surface area contributed by atoms with Crippen LogP contribution in [0.3, 0.4) is 0 Å². The molecule has 0 aromatic carbocycles. The Morgan fingerprint density at radius 2 is 1.73 bits per heavy atom. The molecule has 0 aromatic rings. The Kier molecular flexibility index (Phi) is 12.1. The van der Waals surface area contributed by atoms with Crippen LogP contribution >= 0.6 is 0 Å². The van der Waals surface area contributed by atoms with Gasteiger partial charge in [0, 0.05) is 0 Å². The molecule has 0 rings (SSSR count). The van der Waals surface area contributed by atoms with Crippen molar-refractivity contribution in [2.24, 2.45) is 0 Å². The average Bonchev–Trinajstić information content (AvgIpc) is 2.26. The Bertz CT molecular complexity index is 149. The van der Waals surface area contributed by atoms with Gasteiger partial charge in [0.05, 0.1) is 0 Å². The van der Waals surface area contributed by atoms with E-state index < -0.39 is 0 Å². The Morgan fingerprint density at radius 3 is 2.40 bits per heavy atom. The summed E-state index contributed by atoms with van der Waals surface area (Å²) in [6.07, 6.45) is 8.11. The molecule has 0 radical (unpaired) electrons. The molecule has 0 spiro atoms. The second-order valence-corrected chi connectivity index (χ2v) is 6.28. The molecule has 90 valence electrons. The van der Waals surface area contributed by atoms with Gasteiger partial charge in [-0.3, -0.25) is 0 Å². The number of ether oxygens (including phenoxy) is 1. The maximum absolute atomic E-state index is 10.8. The molecule has 0 aliphatic rings. The van der Waals surface area contributed by atoms with Crippen molar-refractivity contribution in [2.75, 3.05) is 7.11 Å². The van der Waals surface area contributed by atoms with Crippen LogP contribution in [0.2, 0.25) is 10.6 Å². The Morgan fingerprint density at radius 1 is 1.07 bits per heavy atom.